The Bertz CT molecular complexity index is 1170. The van der Waals surface area contributed by atoms with Crippen LogP contribution in [0.5, 0.6) is 23.0 Å². The first-order chi connectivity index (χ1) is 15.7. The molecule has 176 valence electrons. The van der Waals surface area contributed by atoms with Crippen LogP contribution < -0.4 is 20.0 Å². The Hall–Kier alpha value is -3.35. The van der Waals surface area contributed by atoms with Gasteiger partial charge in [0.15, 0.2) is 16.9 Å². The summed E-state index contributed by atoms with van der Waals surface area (Å²) in [5.41, 5.74) is -0.112. The maximum absolute atomic E-state index is 11.9. The van der Waals surface area contributed by atoms with Crippen LogP contribution >= 0.6 is 0 Å². The lowest BCUT2D eigenvalue weighted by atomic mass is 9.99. The number of aromatic hydroxyl groups is 1. The number of fused-ring (bicyclic) bond motifs is 1. The fraction of sp³-hybridized carbons (Fsp3) is 0.318. The Morgan fingerprint density at radius 3 is 2.48 bits per heavy atom. The monoisotopic (exact) mass is 461 g/mol. The summed E-state index contributed by atoms with van der Waals surface area (Å²) in [6.45, 7) is -0.658. The zero-order valence-corrected chi connectivity index (χ0v) is 17.2. The molecule has 3 aliphatic rings. The molecule has 0 unspecified atom stereocenters. The molecule has 1 saturated heterocycles. The van der Waals surface area contributed by atoms with Gasteiger partial charge in [0.1, 0.15) is 41.7 Å². The molecule has 0 bridgehead atoms. The van der Waals surface area contributed by atoms with Gasteiger partial charge in [0, 0.05) is 17.7 Å². The third-order valence-electron chi connectivity index (χ3n) is 5.32. The van der Waals surface area contributed by atoms with Crippen LogP contribution in [-0.2, 0) is 4.74 Å². The van der Waals surface area contributed by atoms with Crippen molar-refractivity contribution in [3.05, 3.63) is 46.6 Å². The van der Waals surface area contributed by atoms with Gasteiger partial charge in [-0.1, -0.05) is 17.9 Å². The summed E-state index contributed by atoms with van der Waals surface area (Å²) in [7, 11) is 1.31. The van der Waals surface area contributed by atoms with Gasteiger partial charge in [0.25, 0.3) is 0 Å². The van der Waals surface area contributed by atoms with Crippen molar-refractivity contribution in [2.75, 3.05) is 13.7 Å². The average Bonchev–Trinajstić information content (AvgIpc) is 2.79. The third kappa shape index (κ3) is 4.19. The predicted octanol–water partition coefficient (Wildman–Crippen LogP) is -0.622. The van der Waals surface area contributed by atoms with Crippen LogP contribution in [0, 0.1) is 0 Å². The molecule has 0 aromatic heterocycles. The largest absolute Gasteiger partial charge is 0.870 e. The maximum atomic E-state index is 11.9. The third-order valence-corrected chi connectivity index (χ3v) is 5.32. The number of phenols is 1. The molecule has 1 aromatic rings. The zero-order chi connectivity index (χ0) is 23.9. The lowest BCUT2D eigenvalue weighted by Gasteiger charge is -2.39. The summed E-state index contributed by atoms with van der Waals surface area (Å²) >= 11 is 0. The van der Waals surface area contributed by atoms with Crippen molar-refractivity contribution in [3.63, 3.8) is 0 Å². The SMILES string of the molecule is COc1cc(-c2oc3cc(=O)cc(O)c-3cc2O[C@@H]2O[C@H](CO)[C@@H](O)[C@H](O)[C@H]2O)ccc1[O-]. The summed E-state index contributed by atoms with van der Waals surface area (Å²) in [6.07, 6.45) is -7.74. The Morgan fingerprint density at radius 1 is 1.03 bits per heavy atom. The van der Waals surface area contributed by atoms with Gasteiger partial charge in [-0.25, -0.2) is 0 Å². The summed E-state index contributed by atoms with van der Waals surface area (Å²) < 4.78 is 22.0. The molecule has 2 aliphatic heterocycles. The number of benzene rings is 2. The van der Waals surface area contributed by atoms with Crippen LogP contribution in [0.4, 0.5) is 0 Å². The van der Waals surface area contributed by atoms with Gasteiger partial charge in [-0.2, -0.15) is 0 Å². The molecule has 1 aromatic carbocycles. The lowest BCUT2D eigenvalue weighted by Crippen LogP contribution is -2.60. The van der Waals surface area contributed by atoms with Crippen LogP contribution in [0.1, 0.15) is 0 Å². The Morgan fingerprint density at radius 2 is 1.79 bits per heavy atom. The van der Waals surface area contributed by atoms with Crippen molar-refractivity contribution in [3.8, 4) is 45.6 Å². The van der Waals surface area contributed by atoms with E-state index in [2.05, 4.69) is 0 Å². The Labute approximate surface area is 186 Å². The molecule has 0 amide bonds. The van der Waals surface area contributed by atoms with Crippen molar-refractivity contribution >= 4 is 0 Å². The zero-order valence-electron chi connectivity index (χ0n) is 17.2. The minimum absolute atomic E-state index is 0.00186. The summed E-state index contributed by atoms with van der Waals surface area (Å²) in [5.74, 6) is -0.871. The lowest BCUT2D eigenvalue weighted by molar-refractivity contribution is -0.277. The van der Waals surface area contributed by atoms with Crippen LogP contribution in [-0.4, -0.2) is 70.0 Å². The molecule has 0 saturated carbocycles. The Kier molecular flexibility index (Phi) is 6.15. The molecule has 2 heterocycles. The van der Waals surface area contributed by atoms with E-state index in [-0.39, 0.29) is 34.3 Å². The molecule has 5 N–H and O–H groups in total. The topological polar surface area (TPSA) is 182 Å². The molecule has 0 radical (unpaired) electrons. The van der Waals surface area contributed by atoms with Crippen molar-refractivity contribution < 1.29 is 49.3 Å². The molecule has 5 atom stereocenters. The van der Waals surface area contributed by atoms with Gasteiger partial charge in [0.05, 0.1) is 19.3 Å². The predicted molar refractivity (Wildman–Crippen MR) is 109 cm³/mol. The van der Waals surface area contributed by atoms with E-state index < -0.39 is 48.5 Å². The van der Waals surface area contributed by atoms with Gasteiger partial charge < -0.3 is 49.3 Å². The molecule has 1 fully saturated rings. The number of rotatable bonds is 5. The molecule has 11 heteroatoms. The van der Waals surface area contributed by atoms with Crippen molar-refractivity contribution in [2.45, 2.75) is 30.7 Å². The molecular formula is C22H21O11-. The quantitative estimate of drug-likeness (QED) is 0.326. The molecular weight excluding hydrogens is 440 g/mol. The fourth-order valence-electron chi connectivity index (χ4n) is 3.56. The van der Waals surface area contributed by atoms with Gasteiger partial charge in [0.2, 0.25) is 6.29 Å². The van der Waals surface area contributed by atoms with Gasteiger partial charge in [-0.05, 0) is 12.1 Å². The summed E-state index contributed by atoms with van der Waals surface area (Å²) in [5, 5.41) is 61.9. The van der Waals surface area contributed by atoms with E-state index in [0.717, 1.165) is 12.1 Å². The van der Waals surface area contributed by atoms with E-state index in [0.29, 0.717) is 5.56 Å². The number of methoxy groups -OCH3 is 1. The van der Waals surface area contributed by atoms with E-state index in [4.69, 9.17) is 18.6 Å². The normalized spacial score (nSPS) is 25.2. The second-order valence-electron chi connectivity index (χ2n) is 7.47. The van der Waals surface area contributed by atoms with Gasteiger partial charge in [-0.15, -0.1) is 0 Å². The van der Waals surface area contributed by atoms with Crippen LogP contribution in [0.25, 0.3) is 22.6 Å². The Balaban J connectivity index is 1.85. The molecule has 1 aliphatic carbocycles. The number of hydrogen-bond acceptors (Lipinski definition) is 11. The molecule has 4 rings (SSSR count). The number of aliphatic hydroxyl groups is 4. The second-order valence-corrected chi connectivity index (χ2v) is 7.47. The summed E-state index contributed by atoms with van der Waals surface area (Å²) in [6, 6.07) is 7.46. The van der Waals surface area contributed by atoms with Crippen LogP contribution in [0.2, 0.25) is 0 Å². The first-order valence-corrected chi connectivity index (χ1v) is 9.87. The maximum Gasteiger partial charge on any atom is 0.229 e. The standard InChI is InChI=1S/C22H22O11/c1-30-15-4-9(2-3-12(15)25)21-16(7-11-13(26)5-10(24)6-14(11)31-21)32-22-20(29)19(28)18(27)17(8-23)33-22/h2-7,17-20,22-23,25-29H,8H2,1H3/p-1/t17-,18-,19+,20-,22-/m1/s1. The number of ether oxygens (including phenoxy) is 3. The van der Waals surface area contributed by atoms with Gasteiger partial charge in [-0.3, -0.25) is 4.79 Å². The highest BCUT2D eigenvalue weighted by Crippen LogP contribution is 2.42. The molecule has 33 heavy (non-hydrogen) atoms. The van der Waals surface area contributed by atoms with E-state index >= 15 is 0 Å². The highest BCUT2D eigenvalue weighted by Gasteiger charge is 2.45. The van der Waals surface area contributed by atoms with E-state index in [9.17, 15) is 35.4 Å². The van der Waals surface area contributed by atoms with Crippen molar-refractivity contribution in [2.24, 2.45) is 0 Å². The van der Waals surface area contributed by atoms with E-state index in [1.165, 1.54) is 31.4 Å². The van der Waals surface area contributed by atoms with E-state index in [1.807, 2.05) is 0 Å². The number of hydrogen-bond donors (Lipinski definition) is 5. The van der Waals surface area contributed by atoms with Gasteiger partial charge >= 0.3 is 0 Å². The van der Waals surface area contributed by atoms with Crippen molar-refractivity contribution in [1.82, 2.24) is 0 Å². The minimum atomic E-state index is -1.71. The highest BCUT2D eigenvalue weighted by molar-refractivity contribution is 5.76. The average molecular weight is 461 g/mol. The number of phenolic OH excluding ortho intramolecular Hbond substituents is 1. The van der Waals surface area contributed by atoms with Crippen LogP contribution in [0.3, 0.4) is 0 Å². The van der Waals surface area contributed by atoms with Crippen molar-refractivity contribution in [1.29, 1.82) is 0 Å². The first kappa shape index (κ1) is 22.8. The smallest absolute Gasteiger partial charge is 0.229 e. The van der Waals surface area contributed by atoms with E-state index in [1.54, 1.807) is 0 Å². The minimum Gasteiger partial charge on any atom is -0.870 e. The summed E-state index contributed by atoms with van der Waals surface area (Å²) in [4.78, 5) is 11.8. The molecule has 11 nitrogen and oxygen atoms in total. The fourth-order valence-corrected chi connectivity index (χ4v) is 3.56. The highest BCUT2D eigenvalue weighted by atomic mass is 16.7. The first-order valence-electron chi connectivity index (χ1n) is 9.87. The van der Waals surface area contributed by atoms with Crippen LogP contribution in [0.15, 0.2) is 45.6 Å². The number of aliphatic hydroxyl groups excluding tert-OH is 4. The second kappa shape index (κ2) is 8.89. The molecule has 0 spiro atoms.